The summed E-state index contributed by atoms with van der Waals surface area (Å²) in [7, 11) is 0. The molecule has 2 aromatic rings. The number of furan rings is 1. The molecule has 0 saturated carbocycles. The zero-order valence-corrected chi connectivity index (χ0v) is 15.0. The Morgan fingerprint density at radius 2 is 2.04 bits per heavy atom. The number of β-amino-alcohol motifs (C(OH)–C–C–N with tert-alkyl or cyclic N) is 1. The van der Waals surface area contributed by atoms with Crippen LogP contribution in [0.4, 0.5) is 5.95 Å². The molecule has 1 saturated heterocycles. The summed E-state index contributed by atoms with van der Waals surface area (Å²) in [5.74, 6) is 1.70. The van der Waals surface area contributed by atoms with Gasteiger partial charge in [0.2, 0.25) is 5.95 Å². The molecule has 1 aliphatic heterocycles. The predicted octanol–water partition coefficient (Wildman–Crippen LogP) is 1.41. The van der Waals surface area contributed by atoms with E-state index in [0.717, 1.165) is 43.3 Å². The lowest BCUT2D eigenvalue weighted by molar-refractivity contribution is 0.0957. The summed E-state index contributed by atoms with van der Waals surface area (Å²) < 4.78 is 5.52. The highest BCUT2D eigenvalue weighted by atomic mass is 16.3. The predicted molar refractivity (Wildman–Crippen MR) is 96.6 cm³/mol. The van der Waals surface area contributed by atoms with E-state index in [-0.39, 0.29) is 18.3 Å². The minimum atomic E-state index is 0.0496. The standard InChI is InChI=1S/C19H24N4O3/c1-13-18-15(11-14(12-16(18)25)17-3-2-10-26-17)21-19(20-13)23-6-4-22(5-7-23)8-9-24/h2-3,10,14,24H,4-9,11-12H2,1H3/t14-/m1/s1. The number of hydrogen-bond donors (Lipinski definition) is 1. The molecule has 0 amide bonds. The molecule has 2 aliphatic rings. The van der Waals surface area contributed by atoms with Crippen LogP contribution in [0, 0.1) is 6.92 Å². The molecule has 0 unspecified atom stereocenters. The second-order valence-electron chi connectivity index (χ2n) is 7.03. The maximum absolute atomic E-state index is 12.6. The molecule has 1 fully saturated rings. The van der Waals surface area contributed by atoms with Crippen LogP contribution in [-0.4, -0.2) is 65.1 Å². The Morgan fingerprint density at radius 1 is 1.23 bits per heavy atom. The minimum Gasteiger partial charge on any atom is -0.469 e. The summed E-state index contributed by atoms with van der Waals surface area (Å²) in [5.41, 5.74) is 2.30. The van der Waals surface area contributed by atoms with Gasteiger partial charge in [0.05, 0.1) is 29.8 Å². The summed E-state index contributed by atoms with van der Waals surface area (Å²) in [6.45, 7) is 6.21. The van der Waals surface area contributed by atoms with Gasteiger partial charge in [0.15, 0.2) is 5.78 Å². The van der Waals surface area contributed by atoms with Crippen LogP contribution in [0.15, 0.2) is 22.8 Å². The maximum atomic E-state index is 12.6. The number of anilines is 1. The van der Waals surface area contributed by atoms with Gasteiger partial charge in [-0.2, -0.15) is 0 Å². The van der Waals surface area contributed by atoms with Gasteiger partial charge in [0, 0.05) is 51.5 Å². The topological polar surface area (TPSA) is 82.7 Å². The van der Waals surface area contributed by atoms with Crippen LogP contribution in [0.3, 0.4) is 0 Å². The molecule has 7 heteroatoms. The third-order valence-corrected chi connectivity index (χ3v) is 5.32. The van der Waals surface area contributed by atoms with Gasteiger partial charge < -0.3 is 14.4 Å². The summed E-state index contributed by atoms with van der Waals surface area (Å²) in [5, 5.41) is 9.08. The van der Waals surface area contributed by atoms with Crippen molar-refractivity contribution < 1.29 is 14.3 Å². The molecule has 2 aromatic heterocycles. The number of aryl methyl sites for hydroxylation is 1. The third kappa shape index (κ3) is 3.24. The van der Waals surface area contributed by atoms with Crippen molar-refractivity contribution >= 4 is 11.7 Å². The van der Waals surface area contributed by atoms with Gasteiger partial charge in [-0.1, -0.05) is 0 Å². The van der Waals surface area contributed by atoms with Crippen molar-refractivity contribution in [2.45, 2.75) is 25.7 Å². The van der Waals surface area contributed by atoms with Crippen molar-refractivity contribution in [3.05, 3.63) is 41.1 Å². The van der Waals surface area contributed by atoms with Crippen LogP contribution in [-0.2, 0) is 6.42 Å². The number of rotatable bonds is 4. The number of Topliss-reactive ketones (excluding diaryl/α,β-unsaturated/α-hetero) is 1. The Morgan fingerprint density at radius 3 is 2.73 bits per heavy atom. The average Bonchev–Trinajstić information content (AvgIpc) is 3.16. The van der Waals surface area contributed by atoms with Gasteiger partial charge >= 0.3 is 0 Å². The number of aliphatic hydroxyl groups excluding tert-OH is 1. The van der Waals surface area contributed by atoms with Crippen LogP contribution in [0.25, 0.3) is 0 Å². The lowest BCUT2D eigenvalue weighted by atomic mass is 9.84. The van der Waals surface area contributed by atoms with Crippen LogP contribution in [0.1, 0.15) is 39.8 Å². The number of carbonyl (C=O) groups excluding carboxylic acids is 1. The van der Waals surface area contributed by atoms with Gasteiger partial charge in [0.1, 0.15) is 5.76 Å². The fourth-order valence-corrected chi connectivity index (χ4v) is 3.94. The van der Waals surface area contributed by atoms with E-state index in [1.165, 1.54) is 0 Å². The van der Waals surface area contributed by atoms with Crippen molar-refractivity contribution in [1.82, 2.24) is 14.9 Å². The van der Waals surface area contributed by atoms with E-state index < -0.39 is 0 Å². The van der Waals surface area contributed by atoms with Gasteiger partial charge in [-0.25, -0.2) is 9.97 Å². The van der Waals surface area contributed by atoms with Crippen molar-refractivity contribution in [3.63, 3.8) is 0 Å². The Labute approximate surface area is 152 Å². The molecule has 0 radical (unpaired) electrons. The van der Waals surface area contributed by atoms with Crippen LogP contribution in [0.2, 0.25) is 0 Å². The number of aromatic nitrogens is 2. The Balaban J connectivity index is 1.57. The number of carbonyl (C=O) groups is 1. The third-order valence-electron chi connectivity index (χ3n) is 5.32. The molecule has 3 heterocycles. The molecule has 138 valence electrons. The number of hydrogen-bond acceptors (Lipinski definition) is 7. The molecule has 4 rings (SSSR count). The van der Waals surface area contributed by atoms with E-state index in [0.29, 0.717) is 30.9 Å². The molecule has 0 bridgehead atoms. The highest BCUT2D eigenvalue weighted by molar-refractivity contribution is 5.99. The second kappa shape index (κ2) is 7.17. The maximum Gasteiger partial charge on any atom is 0.225 e. The fraction of sp³-hybridized carbons (Fsp3) is 0.526. The van der Waals surface area contributed by atoms with Gasteiger partial charge in [0.25, 0.3) is 0 Å². The highest BCUT2D eigenvalue weighted by Crippen LogP contribution is 2.34. The summed E-state index contributed by atoms with van der Waals surface area (Å²) in [6.07, 6.45) is 2.80. The van der Waals surface area contributed by atoms with Crippen molar-refractivity contribution in [2.75, 3.05) is 44.2 Å². The first kappa shape index (κ1) is 17.2. The highest BCUT2D eigenvalue weighted by Gasteiger charge is 2.32. The first-order valence-corrected chi connectivity index (χ1v) is 9.18. The van der Waals surface area contributed by atoms with E-state index in [1.807, 2.05) is 19.1 Å². The lowest BCUT2D eigenvalue weighted by Crippen LogP contribution is -2.48. The van der Waals surface area contributed by atoms with E-state index in [9.17, 15) is 4.79 Å². The number of fused-ring (bicyclic) bond motifs is 1. The summed E-state index contributed by atoms with van der Waals surface area (Å²) in [4.78, 5) is 26.4. The van der Waals surface area contributed by atoms with Gasteiger partial charge in [-0.15, -0.1) is 0 Å². The van der Waals surface area contributed by atoms with Gasteiger partial charge in [-0.05, 0) is 19.1 Å². The number of aliphatic hydroxyl groups is 1. The Bertz CT molecular complexity index is 782. The second-order valence-corrected chi connectivity index (χ2v) is 7.03. The largest absolute Gasteiger partial charge is 0.469 e. The van der Waals surface area contributed by atoms with Crippen molar-refractivity contribution in [2.24, 2.45) is 0 Å². The van der Waals surface area contributed by atoms with Gasteiger partial charge in [-0.3, -0.25) is 9.69 Å². The minimum absolute atomic E-state index is 0.0496. The molecule has 1 atom stereocenters. The van der Waals surface area contributed by atoms with E-state index >= 15 is 0 Å². The Kier molecular flexibility index (Phi) is 4.74. The van der Waals surface area contributed by atoms with Crippen LogP contribution >= 0.6 is 0 Å². The fourth-order valence-electron chi connectivity index (χ4n) is 3.94. The monoisotopic (exact) mass is 356 g/mol. The smallest absolute Gasteiger partial charge is 0.225 e. The van der Waals surface area contributed by atoms with E-state index in [4.69, 9.17) is 14.5 Å². The summed E-state index contributed by atoms with van der Waals surface area (Å²) in [6, 6.07) is 3.79. The number of nitrogens with zero attached hydrogens (tertiary/aromatic N) is 4. The molecule has 26 heavy (non-hydrogen) atoms. The summed E-state index contributed by atoms with van der Waals surface area (Å²) >= 11 is 0. The SMILES string of the molecule is Cc1nc(N2CCN(CCO)CC2)nc2c1C(=O)C[C@H](c1ccco1)C2. The molecule has 0 spiro atoms. The number of piperazine rings is 1. The first-order valence-electron chi connectivity index (χ1n) is 9.18. The quantitative estimate of drug-likeness (QED) is 0.887. The van der Waals surface area contributed by atoms with Crippen molar-refractivity contribution in [1.29, 1.82) is 0 Å². The van der Waals surface area contributed by atoms with E-state index in [1.54, 1.807) is 6.26 Å². The molecule has 1 N–H and O–H groups in total. The lowest BCUT2D eigenvalue weighted by Gasteiger charge is -2.35. The van der Waals surface area contributed by atoms with E-state index in [2.05, 4.69) is 14.8 Å². The Hall–Kier alpha value is -2.25. The number of ketones is 1. The van der Waals surface area contributed by atoms with Crippen molar-refractivity contribution in [3.8, 4) is 0 Å². The first-order chi connectivity index (χ1) is 12.7. The molecule has 1 aliphatic carbocycles. The molecular formula is C19H24N4O3. The zero-order chi connectivity index (χ0) is 18.1. The average molecular weight is 356 g/mol. The molecule has 0 aromatic carbocycles. The molecule has 7 nitrogen and oxygen atoms in total. The zero-order valence-electron chi connectivity index (χ0n) is 15.0. The van der Waals surface area contributed by atoms with Crippen LogP contribution in [0.5, 0.6) is 0 Å². The van der Waals surface area contributed by atoms with Crippen LogP contribution < -0.4 is 4.90 Å². The molecular weight excluding hydrogens is 332 g/mol. The normalized spacial score (nSPS) is 21.1.